The molecule has 0 aliphatic rings. The largest absolute Gasteiger partial charge is 0.308 e. The first-order valence-corrected chi connectivity index (χ1v) is 7.31. The van der Waals surface area contributed by atoms with Crippen LogP contribution in [0.5, 0.6) is 0 Å². The predicted molar refractivity (Wildman–Crippen MR) is 84.4 cm³/mol. The summed E-state index contributed by atoms with van der Waals surface area (Å²) in [5.41, 5.74) is 4.85. The summed E-state index contributed by atoms with van der Waals surface area (Å²) >= 11 is 6.38. The lowest BCUT2D eigenvalue weighted by Gasteiger charge is -2.23. The van der Waals surface area contributed by atoms with Crippen molar-refractivity contribution >= 4 is 11.6 Å². The van der Waals surface area contributed by atoms with Crippen molar-refractivity contribution in [3.63, 3.8) is 0 Å². The maximum absolute atomic E-state index is 6.38. The van der Waals surface area contributed by atoms with Crippen molar-refractivity contribution in [2.45, 2.75) is 39.8 Å². The van der Waals surface area contributed by atoms with Crippen LogP contribution in [0.2, 0.25) is 5.02 Å². The average molecular weight is 292 g/mol. The first kappa shape index (κ1) is 15.1. The Bertz CT molecular complexity index is 602. The molecule has 3 nitrogen and oxygen atoms in total. The quantitative estimate of drug-likeness (QED) is 0.921. The van der Waals surface area contributed by atoms with Crippen LogP contribution in [-0.2, 0) is 0 Å². The Balaban J connectivity index is 2.58. The minimum Gasteiger partial charge on any atom is -0.308 e. The van der Waals surface area contributed by atoms with Gasteiger partial charge in [-0.15, -0.1) is 0 Å². The van der Waals surface area contributed by atoms with Crippen molar-refractivity contribution in [3.05, 3.63) is 51.8 Å². The van der Waals surface area contributed by atoms with Crippen LogP contribution in [0.1, 0.15) is 48.3 Å². The van der Waals surface area contributed by atoms with Crippen molar-refractivity contribution in [2.75, 3.05) is 7.05 Å². The van der Waals surface area contributed by atoms with Crippen LogP contribution < -0.4 is 5.32 Å². The fraction of sp³-hybridized carbons (Fsp3) is 0.438. The molecule has 4 heteroatoms. The highest BCUT2D eigenvalue weighted by molar-refractivity contribution is 6.31. The highest BCUT2D eigenvalue weighted by atomic mass is 35.5. The van der Waals surface area contributed by atoms with Gasteiger partial charge in [-0.05, 0) is 51.4 Å². The Morgan fingerprint density at radius 3 is 2.55 bits per heavy atom. The summed E-state index contributed by atoms with van der Waals surface area (Å²) in [5.74, 6) is 0. The lowest BCUT2D eigenvalue weighted by molar-refractivity contribution is 0.483. The normalized spacial score (nSPS) is 12.9. The molecule has 1 aromatic heterocycles. The van der Waals surface area contributed by atoms with E-state index in [1.54, 1.807) is 6.20 Å². The van der Waals surface area contributed by atoms with Crippen LogP contribution in [0.25, 0.3) is 0 Å². The third-order valence-corrected chi connectivity index (χ3v) is 4.09. The number of rotatable bonds is 4. The molecule has 1 heterocycles. The Morgan fingerprint density at radius 2 is 1.95 bits per heavy atom. The molecule has 0 radical (unpaired) electrons. The Morgan fingerprint density at radius 1 is 1.25 bits per heavy atom. The molecule has 0 aliphatic carbocycles. The summed E-state index contributed by atoms with van der Waals surface area (Å²) in [6, 6.07) is 6.70. The third-order valence-electron chi connectivity index (χ3n) is 3.80. The van der Waals surface area contributed by atoms with Crippen molar-refractivity contribution in [2.24, 2.45) is 0 Å². The van der Waals surface area contributed by atoms with Gasteiger partial charge in [0.05, 0.1) is 23.0 Å². The summed E-state index contributed by atoms with van der Waals surface area (Å²) in [6.07, 6.45) is 1.73. The number of aromatic nitrogens is 2. The number of nitrogens with one attached hydrogen (secondary N) is 1. The number of hydrogen-bond donors (Lipinski definition) is 1. The van der Waals surface area contributed by atoms with Gasteiger partial charge in [0.25, 0.3) is 0 Å². The van der Waals surface area contributed by atoms with Gasteiger partial charge in [0.1, 0.15) is 0 Å². The summed E-state index contributed by atoms with van der Waals surface area (Å²) < 4.78 is 1.99. The van der Waals surface area contributed by atoms with E-state index in [1.807, 2.05) is 11.7 Å². The van der Waals surface area contributed by atoms with Crippen molar-refractivity contribution in [1.29, 1.82) is 0 Å². The van der Waals surface area contributed by atoms with Gasteiger partial charge in [-0.3, -0.25) is 4.68 Å². The van der Waals surface area contributed by atoms with Crippen molar-refractivity contribution in [3.8, 4) is 0 Å². The molecule has 2 rings (SSSR count). The molecule has 0 spiro atoms. The molecule has 0 saturated carbocycles. The molecular formula is C16H22ClN3. The van der Waals surface area contributed by atoms with Crippen LogP contribution in [0, 0.1) is 13.8 Å². The van der Waals surface area contributed by atoms with E-state index in [0.29, 0.717) is 5.02 Å². The minimum atomic E-state index is 0.0484. The van der Waals surface area contributed by atoms with Crippen molar-refractivity contribution in [1.82, 2.24) is 15.1 Å². The zero-order valence-electron chi connectivity index (χ0n) is 12.7. The number of aryl methyl sites for hydroxylation is 1. The van der Waals surface area contributed by atoms with Gasteiger partial charge in [-0.2, -0.15) is 5.10 Å². The van der Waals surface area contributed by atoms with Gasteiger partial charge in [-0.25, -0.2) is 0 Å². The lowest BCUT2D eigenvalue weighted by Crippen LogP contribution is -2.23. The van der Waals surface area contributed by atoms with E-state index in [1.165, 1.54) is 16.7 Å². The molecule has 0 saturated heterocycles. The van der Waals surface area contributed by atoms with Gasteiger partial charge in [-0.1, -0.05) is 29.8 Å². The second kappa shape index (κ2) is 5.98. The molecule has 0 fully saturated rings. The molecule has 0 amide bonds. The first-order valence-electron chi connectivity index (χ1n) is 6.93. The third kappa shape index (κ3) is 2.60. The van der Waals surface area contributed by atoms with Gasteiger partial charge in [0.15, 0.2) is 0 Å². The van der Waals surface area contributed by atoms with Gasteiger partial charge >= 0.3 is 0 Å². The van der Waals surface area contributed by atoms with E-state index >= 15 is 0 Å². The molecule has 1 atom stereocenters. The standard InChI is InChI=1S/C16H22ClN3/c1-10(2)20-16(14(17)9-19-20)15(18-5)13-8-6-7-11(3)12(13)4/h6-10,15,18H,1-5H3. The highest BCUT2D eigenvalue weighted by Gasteiger charge is 2.23. The second-order valence-electron chi connectivity index (χ2n) is 5.43. The zero-order chi connectivity index (χ0) is 14.9. The lowest BCUT2D eigenvalue weighted by atomic mass is 9.95. The fourth-order valence-electron chi connectivity index (χ4n) is 2.56. The van der Waals surface area contributed by atoms with E-state index in [2.05, 4.69) is 56.3 Å². The molecule has 1 unspecified atom stereocenters. The van der Waals surface area contributed by atoms with E-state index in [-0.39, 0.29) is 12.1 Å². The Kier molecular flexibility index (Phi) is 4.51. The van der Waals surface area contributed by atoms with Gasteiger partial charge in [0, 0.05) is 6.04 Å². The van der Waals surface area contributed by atoms with E-state index in [9.17, 15) is 0 Å². The van der Waals surface area contributed by atoms with Gasteiger partial charge < -0.3 is 5.32 Å². The average Bonchev–Trinajstić information content (AvgIpc) is 2.78. The van der Waals surface area contributed by atoms with E-state index < -0.39 is 0 Å². The molecular weight excluding hydrogens is 270 g/mol. The SMILES string of the molecule is CNC(c1cccc(C)c1C)c1c(Cl)cnn1C(C)C. The van der Waals surface area contributed by atoms with Crippen molar-refractivity contribution < 1.29 is 0 Å². The molecule has 1 aromatic carbocycles. The topological polar surface area (TPSA) is 29.9 Å². The highest BCUT2D eigenvalue weighted by Crippen LogP contribution is 2.32. The van der Waals surface area contributed by atoms with Crippen LogP contribution in [0.3, 0.4) is 0 Å². The summed E-state index contributed by atoms with van der Waals surface area (Å²) in [5, 5.41) is 8.49. The minimum absolute atomic E-state index is 0.0484. The molecule has 108 valence electrons. The molecule has 20 heavy (non-hydrogen) atoms. The molecule has 0 aliphatic heterocycles. The second-order valence-corrected chi connectivity index (χ2v) is 5.83. The maximum atomic E-state index is 6.38. The Hall–Kier alpha value is -1.32. The number of nitrogens with zero attached hydrogens (tertiary/aromatic N) is 2. The van der Waals surface area contributed by atoms with Crippen LogP contribution >= 0.6 is 11.6 Å². The summed E-state index contributed by atoms with van der Waals surface area (Å²) in [4.78, 5) is 0. The van der Waals surface area contributed by atoms with E-state index in [0.717, 1.165) is 5.69 Å². The summed E-state index contributed by atoms with van der Waals surface area (Å²) in [7, 11) is 1.96. The molecule has 1 N–H and O–H groups in total. The molecule has 2 aromatic rings. The smallest absolute Gasteiger partial charge is 0.0837 e. The first-order chi connectivity index (χ1) is 9.47. The van der Waals surface area contributed by atoms with E-state index in [4.69, 9.17) is 11.6 Å². The monoisotopic (exact) mass is 291 g/mol. The number of hydrogen-bond acceptors (Lipinski definition) is 2. The maximum Gasteiger partial charge on any atom is 0.0837 e. The van der Waals surface area contributed by atoms with Crippen LogP contribution in [0.15, 0.2) is 24.4 Å². The fourth-order valence-corrected chi connectivity index (χ4v) is 2.80. The van der Waals surface area contributed by atoms with Crippen LogP contribution in [0.4, 0.5) is 0 Å². The van der Waals surface area contributed by atoms with Gasteiger partial charge in [0.2, 0.25) is 0 Å². The Labute approximate surface area is 126 Å². The summed E-state index contributed by atoms with van der Waals surface area (Å²) in [6.45, 7) is 8.51. The number of benzene rings is 1. The predicted octanol–water partition coefficient (Wildman–Crippen LogP) is 4.04. The molecule has 0 bridgehead atoms. The zero-order valence-corrected chi connectivity index (χ0v) is 13.5. The van der Waals surface area contributed by atoms with Crippen LogP contribution in [-0.4, -0.2) is 16.8 Å². The number of halogens is 1.